The molecule has 128 valence electrons. The van der Waals surface area contributed by atoms with Crippen LogP contribution in [0.3, 0.4) is 0 Å². The third-order valence-electron chi connectivity index (χ3n) is 3.41. The summed E-state index contributed by atoms with van der Waals surface area (Å²) in [6.45, 7) is 3.72. The zero-order valence-electron chi connectivity index (χ0n) is 13.9. The fraction of sp³-hybridized carbons (Fsp3) is 0.368. The van der Waals surface area contributed by atoms with Crippen molar-refractivity contribution >= 4 is 40.6 Å². The average Bonchev–Trinajstić information content (AvgIpc) is 2.56. The molecule has 1 aromatic carbocycles. The summed E-state index contributed by atoms with van der Waals surface area (Å²) in [6.07, 6.45) is 9.09. The van der Waals surface area contributed by atoms with E-state index in [4.69, 9.17) is 15.9 Å². The van der Waals surface area contributed by atoms with E-state index < -0.39 is 17.4 Å². The lowest BCUT2D eigenvalue weighted by Crippen LogP contribution is -2.41. The van der Waals surface area contributed by atoms with Gasteiger partial charge in [-0.15, -0.1) is 12.3 Å². The molecule has 0 amide bonds. The summed E-state index contributed by atoms with van der Waals surface area (Å²) in [5.41, 5.74) is -0.502. The van der Waals surface area contributed by atoms with E-state index in [1.54, 1.807) is 19.9 Å². The first-order chi connectivity index (χ1) is 11.5. The second kappa shape index (κ2) is 10.1. The smallest absolute Gasteiger partial charge is 0.324 e. The van der Waals surface area contributed by atoms with Gasteiger partial charge in [-0.3, -0.25) is 9.59 Å². The van der Waals surface area contributed by atoms with Gasteiger partial charge in [-0.1, -0.05) is 30.4 Å². The van der Waals surface area contributed by atoms with Crippen LogP contribution in [0.5, 0.6) is 0 Å². The molecule has 0 radical (unpaired) electrons. The van der Waals surface area contributed by atoms with Crippen LogP contribution < -0.4 is 0 Å². The first kappa shape index (κ1) is 20.2. The minimum Gasteiger partial charge on any atom is -0.465 e. The van der Waals surface area contributed by atoms with Gasteiger partial charge in [0.05, 0.1) is 13.2 Å². The molecule has 0 spiro atoms. The van der Waals surface area contributed by atoms with E-state index >= 15 is 0 Å². The Balaban J connectivity index is 3.12. The highest BCUT2D eigenvalue weighted by molar-refractivity contribution is 14.1. The molecule has 0 aromatic heterocycles. The Labute approximate surface area is 156 Å². The van der Waals surface area contributed by atoms with Crippen molar-refractivity contribution in [1.29, 1.82) is 0 Å². The van der Waals surface area contributed by atoms with Gasteiger partial charge in [-0.25, -0.2) is 0 Å². The molecular formula is C19H21IO4. The second-order valence-electron chi connectivity index (χ2n) is 5.03. The van der Waals surface area contributed by atoms with Crippen molar-refractivity contribution in [2.45, 2.75) is 26.7 Å². The third kappa shape index (κ3) is 5.10. The van der Waals surface area contributed by atoms with Crippen molar-refractivity contribution in [2.24, 2.45) is 5.41 Å². The number of carbonyl (C=O) groups excluding carboxylic acids is 2. The molecule has 0 unspecified atom stereocenters. The highest BCUT2D eigenvalue weighted by Crippen LogP contribution is 2.31. The Bertz CT molecular complexity index is 625. The monoisotopic (exact) mass is 440 g/mol. The van der Waals surface area contributed by atoms with Crippen molar-refractivity contribution in [3.05, 3.63) is 39.5 Å². The van der Waals surface area contributed by atoms with E-state index in [0.717, 1.165) is 9.13 Å². The number of carbonyl (C=O) groups is 2. The zero-order chi connectivity index (χ0) is 18.0. The van der Waals surface area contributed by atoms with Crippen LogP contribution in [0.4, 0.5) is 0 Å². The number of rotatable bonds is 8. The maximum absolute atomic E-state index is 12.4. The van der Waals surface area contributed by atoms with E-state index in [-0.39, 0.29) is 26.1 Å². The number of terminal acetylenes is 1. The first-order valence-electron chi connectivity index (χ1n) is 7.70. The maximum atomic E-state index is 12.4. The Morgan fingerprint density at radius 1 is 1.21 bits per heavy atom. The summed E-state index contributed by atoms with van der Waals surface area (Å²) in [5.74, 6) is 1.12. The molecule has 5 heteroatoms. The lowest BCUT2D eigenvalue weighted by Gasteiger charge is -2.26. The summed E-state index contributed by atoms with van der Waals surface area (Å²) in [5, 5.41) is 0. The van der Waals surface area contributed by atoms with Crippen molar-refractivity contribution in [1.82, 2.24) is 0 Å². The molecule has 4 nitrogen and oxygen atoms in total. The van der Waals surface area contributed by atoms with Gasteiger partial charge >= 0.3 is 11.9 Å². The van der Waals surface area contributed by atoms with Crippen LogP contribution in [0.25, 0.3) is 6.08 Å². The highest BCUT2D eigenvalue weighted by Gasteiger charge is 2.47. The zero-order valence-corrected chi connectivity index (χ0v) is 16.0. The van der Waals surface area contributed by atoms with Gasteiger partial charge in [0.25, 0.3) is 0 Å². The van der Waals surface area contributed by atoms with Gasteiger partial charge in [0.2, 0.25) is 0 Å². The van der Waals surface area contributed by atoms with Gasteiger partial charge in [0.1, 0.15) is 0 Å². The van der Waals surface area contributed by atoms with E-state index in [9.17, 15) is 9.59 Å². The summed E-state index contributed by atoms with van der Waals surface area (Å²) >= 11 is 2.22. The number of ether oxygens (including phenoxy) is 2. The van der Waals surface area contributed by atoms with Crippen molar-refractivity contribution in [3.8, 4) is 12.3 Å². The van der Waals surface area contributed by atoms with Crippen LogP contribution in [0.1, 0.15) is 32.3 Å². The van der Waals surface area contributed by atoms with Crippen LogP contribution in [0.2, 0.25) is 0 Å². The van der Waals surface area contributed by atoms with Crippen LogP contribution >= 0.6 is 22.6 Å². The molecule has 1 aromatic rings. The fourth-order valence-electron chi connectivity index (χ4n) is 2.18. The van der Waals surface area contributed by atoms with Crippen molar-refractivity contribution < 1.29 is 19.1 Å². The lowest BCUT2D eigenvalue weighted by atomic mass is 9.81. The molecule has 0 aliphatic rings. The molecule has 0 saturated carbocycles. The number of halogens is 1. The van der Waals surface area contributed by atoms with Crippen LogP contribution in [0.15, 0.2) is 30.3 Å². The Kier molecular flexibility index (Phi) is 8.55. The molecule has 0 aliphatic carbocycles. The molecule has 0 heterocycles. The minimum atomic E-state index is -1.50. The van der Waals surface area contributed by atoms with E-state index in [1.807, 2.05) is 30.3 Å². The predicted molar refractivity (Wildman–Crippen MR) is 102 cm³/mol. The van der Waals surface area contributed by atoms with Crippen molar-refractivity contribution in [2.75, 3.05) is 13.2 Å². The Morgan fingerprint density at radius 2 is 1.79 bits per heavy atom. The van der Waals surface area contributed by atoms with Crippen molar-refractivity contribution in [3.63, 3.8) is 0 Å². The molecule has 0 saturated heterocycles. The number of hydrogen-bond donors (Lipinski definition) is 0. The highest BCUT2D eigenvalue weighted by atomic mass is 127. The Morgan fingerprint density at radius 3 is 2.29 bits per heavy atom. The summed E-state index contributed by atoms with van der Waals surface area (Å²) in [4.78, 5) is 24.9. The SMILES string of the molecule is C#CCC(C/C=C/c1ccccc1I)(C(=O)OCC)C(=O)OCC. The standard InChI is InChI=1S/C19H21IO4/c1-4-13-19(17(21)23-5-2,18(22)24-6-3)14-9-11-15-10-7-8-12-16(15)20/h1,7-12H,5-6,13-14H2,2-3H3/b11-9+. The molecule has 0 fully saturated rings. The quantitative estimate of drug-likeness (QED) is 0.267. The summed E-state index contributed by atoms with van der Waals surface area (Å²) in [6, 6.07) is 7.80. The van der Waals surface area contributed by atoms with Crippen LogP contribution in [-0.4, -0.2) is 25.2 Å². The van der Waals surface area contributed by atoms with E-state index in [0.29, 0.717) is 0 Å². The van der Waals surface area contributed by atoms with Gasteiger partial charge in [0.15, 0.2) is 5.41 Å². The molecule has 24 heavy (non-hydrogen) atoms. The van der Waals surface area contributed by atoms with E-state index in [2.05, 4.69) is 28.5 Å². The molecule has 0 aliphatic heterocycles. The Hall–Kier alpha value is -1.81. The predicted octanol–water partition coefficient (Wildman–Crippen LogP) is 3.83. The van der Waals surface area contributed by atoms with Gasteiger partial charge < -0.3 is 9.47 Å². The fourth-order valence-corrected chi connectivity index (χ4v) is 2.74. The molecule has 0 N–H and O–H groups in total. The number of benzene rings is 1. The number of hydrogen-bond acceptors (Lipinski definition) is 4. The molecule has 0 bridgehead atoms. The van der Waals surface area contributed by atoms with Gasteiger partial charge in [0, 0.05) is 9.99 Å². The summed E-state index contributed by atoms with van der Waals surface area (Å²) < 4.78 is 11.2. The first-order valence-corrected chi connectivity index (χ1v) is 8.78. The van der Waals surface area contributed by atoms with Gasteiger partial charge in [-0.2, -0.15) is 0 Å². The maximum Gasteiger partial charge on any atom is 0.324 e. The average molecular weight is 440 g/mol. The van der Waals surface area contributed by atoms with E-state index in [1.165, 1.54) is 0 Å². The molecular weight excluding hydrogens is 419 g/mol. The van der Waals surface area contributed by atoms with Gasteiger partial charge in [-0.05, 0) is 54.5 Å². The minimum absolute atomic E-state index is 0.0686. The van der Waals surface area contributed by atoms with Crippen LogP contribution in [0, 0.1) is 21.3 Å². The summed E-state index contributed by atoms with van der Waals surface area (Å²) in [7, 11) is 0. The topological polar surface area (TPSA) is 52.6 Å². The van der Waals surface area contributed by atoms with Crippen LogP contribution in [-0.2, 0) is 19.1 Å². The molecule has 1 rings (SSSR count). The number of esters is 2. The second-order valence-corrected chi connectivity index (χ2v) is 6.19. The molecule has 0 atom stereocenters. The lowest BCUT2D eigenvalue weighted by molar-refractivity contribution is -0.171. The number of allylic oxidation sites excluding steroid dienone is 1. The largest absolute Gasteiger partial charge is 0.465 e. The third-order valence-corrected chi connectivity index (χ3v) is 4.39. The normalized spacial score (nSPS) is 11.1.